The van der Waals surface area contributed by atoms with Crippen LogP contribution < -0.4 is 5.32 Å². The van der Waals surface area contributed by atoms with E-state index < -0.39 is 0 Å². The summed E-state index contributed by atoms with van der Waals surface area (Å²) in [6.45, 7) is 11.4. The van der Waals surface area contributed by atoms with E-state index in [1.807, 2.05) is 13.8 Å². The second-order valence-electron chi connectivity index (χ2n) is 5.05. The molecule has 108 valence electrons. The summed E-state index contributed by atoms with van der Waals surface area (Å²) in [5.41, 5.74) is 1.07. The Labute approximate surface area is 120 Å². The monoisotopic (exact) mass is 283 g/mol. The van der Waals surface area contributed by atoms with Crippen LogP contribution in [-0.4, -0.2) is 33.5 Å². The van der Waals surface area contributed by atoms with Gasteiger partial charge in [0.1, 0.15) is 16.7 Å². The summed E-state index contributed by atoms with van der Waals surface area (Å²) in [5, 5.41) is 13.7. The largest absolute Gasteiger partial charge is 0.395 e. The number of thioether (sulfide) groups is 1. The van der Waals surface area contributed by atoms with Crippen molar-refractivity contribution in [1.29, 1.82) is 0 Å². The van der Waals surface area contributed by atoms with Crippen LogP contribution in [0.3, 0.4) is 0 Å². The summed E-state index contributed by atoms with van der Waals surface area (Å²) in [7, 11) is 0. The minimum absolute atomic E-state index is 0.146. The lowest BCUT2D eigenvalue weighted by Gasteiger charge is -2.16. The maximum Gasteiger partial charge on any atom is 0.134 e. The first-order valence-corrected chi connectivity index (χ1v) is 7.77. The van der Waals surface area contributed by atoms with Crippen LogP contribution in [0.2, 0.25) is 0 Å². The number of aliphatic hydroxyl groups is 1. The minimum Gasteiger partial charge on any atom is -0.395 e. The third-order valence-corrected chi connectivity index (χ3v) is 3.92. The van der Waals surface area contributed by atoms with Crippen molar-refractivity contribution in [3.05, 3.63) is 11.4 Å². The van der Waals surface area contributed by atoms with Gasteiger partial charge in [0.2, 0.25) is 0 Å². The molecule has 0 aliphatic carbocycles. The maximum atomic E-state index is 9.20. The van der Waals surface area contributed by atoms with E-state index in [2.05, 4.69) is 36.1 Å². The predicted octanol–water partition coefficient (Wildman–Crippen LogP) is 3.20. The van der Waals surface area contributed by atoms with E-state index in [9.17, 15) is 5.11 Å². The second kappa shape index (κ2) is 7.70. The molecule has 0 amide bonds. The molecule has 0 saturated carbocycles. The molecule has 1 unspecified atom stereocenters. The van der Waals surface area contributed by atoms with Crippen molar-refractivity contribution in [2.45, 2.75) is 57.2 Å². The Bertz CT molecular complexity index is 410. The topological polar surface area (TPSA) is 58.0 Å². The zero-order chi connectivity index (χ0) is 14.4. The molecule has 0 bridgehead atoms. The molecule has 1 atom stereocenters. The summed E-state index contributed by atoms with van der Waals surface area (Å²) >= 11 is 1.61. The number of anilines is 1. The van der Waals surface area contributed by atoms with Crippen molar-refractivity contribution >= 4 is 17.6 Å². The van der Waals surface area contributed by atoms with Crippen LogP contribution in [0.25, 0.3) is 0 Å². The Morgan fingerprint density at radius 3 is 2.47 bits per heavy atom. The Kier molecular flexibility index (Phi) is 6.58. The number of hydrogen-bond donors (Lipinski definition) is 2. The van der Waals surface area contributed by atoms with Crippen LogP contribution >= 0.6 is 11.8 Å². The molecule has 1 aromatic rings. The van der Waals surface area contributed by atoms with Gasteiger partial charge in [-0.25, -0.2) is 9.97 Å². The predicted molar refractivity (Wildman–Crippen MR) is 82.0 cm³/mol. The van der Waals surface area contributed by atoms with E-state index in [0.29, 0.717) is 5.92 Å². The summed E-state index contributed by atoms with van der Waals surface area (Å²) in [4.78, 5) is 9.23. The van der Waals surface area contributed by atoms with Gasteiger partial charge in [-0.2, -0.15) is 0 Å². The van der Waals surface area contributed by atoms with Gasteiger partial charge >= 0.3 is 0 Å². The Balaban J connectivity index is 3.09. The van der Waals surface area contributed by atoms with Gasteiger partial charge in [0.15, 0.2) is 0 Å². The maximum absolute atomic E-state index is 9.20. The van der Waals surface area contributed by atoms with Crippen LogP contribution in [0.15, 0.2) is 5.03 Å². The molecule has 2 N–H and O–H groups in total. The number of hydrogen-bond acceptors (Lipinski definition) is 5. The zero-order valence-electron chi connectivity index (χ0n) is 12.5. The van der Waals surface area contributed by atoms with E-state index in [1.54, 1.807) is 11.8 Å². The van der Waals surface area contributed by atoms with E-state index >= 15 is 0 Å². The van der Waals surface area contributed by atoms with E-state index in [4.69, 9.17) is 0 Å². The lowest BCUT2D eigenvalue weighted by molar-refractivity contribution is 0.300. The normalized spacial score (nSPS) is 12.8. The van der Waals surface area contributed by atoms with Gasteiger partial charge < -0.3 is 10.4 Å². The standard InChI is InChI=1S/C14H25N3OS/c1-6-7-15-13-11(5)14(19-10(4)8-18)17-12(16-13)9(2)3/h9-10,18H,6-8H2,1-5H3,(H,15,16,17). The molecule has 0 radical (unpaired) electrons. The first-order valence-electron chi connectivity index (χ1n) is 6.89. The third kappa shape index (κ3) is 4.66. The zero-order valence-corrected chi connectivity index (χ0v) is 13.3. The lowest BCUT2D eigenvalue weighted by atomic mass is 10.2. The summed E-state index contributed by atoms with van der Waals surface area (Å²) < 4.78 is 0. The van der Waals surface area contributed by atoms with Crippen molar-refractivity contribution in [1.82, 2.24) is 9.97 Å². The van der Waals surface area contributed by atoms with Crippen molar-refractivity contribution in [2.75, 3.05) is 18.5 Å². The fourth-order valence-corrected chi connectivity index (χ4v) is 2.40. The fraction of sp³-hybridized carbons (Fsp3) is 0.714. The quantitative estimate of drug-likeness (QED) is 0.594. The van der Waals surface area contributed by atoms with Gasteiger partial charge in [0, 0.05) is 23.3 Å². The molecular weight excluding hydrogens is 258 g/mol. The van der Waals surface area contributed by atoms with Crippen molar-refractivity contribution < 1.29 is 5.11 Å². The summed E-state index contributed by atoms with van der Waals surface area (Å²) in [5.74, 6) is 2.08. The molecule has 0 aromatic carbocycles. The molecule has 19 heavy (non-hydrogen) atoms. The molecule has 1 heterocycles. The van der Waals surface area contributed by atoms with Gasteiger partial charge in [0.25, 0.3) is 0 Å². The Hall–Kier alpha value is -0.810. The molecule has 5 heteroatoms. The number of aromatic nitrogens is 2. The molecule has 1 aromatic heterocycles. The number of nitrogens with zero attached hydrogens (tertiary/aromatic N) is 2. The van der Waals surface area contributed by atoms with Gasteiger partial charge in [-0.3, -0.25) is 0 Å². The average molecular weight is 283 g/mol. The van der Waals surface area contributed by atoms with Crippen LogP contribution in [0.5, 0.6) is 0 Å². The molecule has 0 aliphatic rings. The fourth-order valence-electron chi connectivity index (χ4n) is 1.53. The van der Waals surface area contributed by atoms with Gasteiger partial charge in [-0.15, -0.1) is 11.8 Å². The molecule has 0 saturated heterocycles. The molecule has 1 rings (SSSR count). The SMILES string of the molecule is CCCNc1nc(C(C)C)nc(SC(C)CO)c1C. The first kappa shape index (κ1) is 16.2. The van der Waals surface area contributed by atoms with Crippen molar-refractivity contribution in [3.8, 4) is 0 Å². The highest BCUT2D eigenvalue weighted by atomic mass is 32.2. The van der Waals surface area contributed by atoms with Crippen LogP contribution in [0, 0.1) is 6.92 Å². The van der Waals surface area contributed by atoms with Crippen molar-refractivity contribution in [2.24, 2.45) is 0 Å². The van der Waals surface area contributed by atoms with E-state index in [0.717, 1.165) is 35.2 Å². The Morgan fingerprint density at radius 1 is 1.26 bits per heavy atom. The summed E-state index contributed by atoms with van der Waals surface area (Å²) in [6, 6.07) is 0. The number of aliphatic hydroxyl groups excluding tert-OH is 1. The van der Waals surface area contributed by atoms with Gasteiger partial charge in [-0.05, 0) is 13.3 Å². The molecule has 4 nitrogen and oxygen atoms in total. The van der Waals surface area contributed by atoms with E-state index in [-0.39, 0.29) is 11.9 Å². The van der Waals surface area contributed by atoms with Crippen LogP contribution in [-0.2, 0) is 0 Å². The van der Waals surface area contributed by atoms with Crippen LogP contribution in [0.1, 0.15) is 51.4 Å². The lowest BCUT2D eigenvalue weighted by Crippen LogP contribution is -2.11. The van der Waals surface area contributed by atoms with Crippen LogP contribution in [0.4, 0.5) is 5.82 Å². The smallest absolute Gasteiger partial charge is 0.134 e. The highest BCUT2D eigenvalue weighted by Gasteiger charge is 2.15. The van der Waals surface area contributed by atoms with Gasteiger partial charge in [-0.1, -0.05) is 27.7 Å². The molecule has 0 fully saturated rings. The minimum atomic E-state index is 0.146. The van der Waals surface area contributed by atoms with Crippen molar-refractivity contribution in [3.63, 3.8) is 0 Å². The molecule has 0 aliphatic heterocycles. The van der Waals surface area contributed by atoms with E-state index in [1.165, 1.54) is 0 Å². The molecular formula is C14H25N3OS. The Morgan fingerprint density at radius 2 is 1.95 bits per heavy atom. The molecule has 0 spiro atoms. The summed E-state index contributed by atoms with van der Waals surface area (Å²) in [6.07, 6.45) is 1.07. The van der Waals surface area contributed by atoms with Gasteiger partial charge in [0.05, 0.1) is 6.61 Å². The third-order valence-electron chi connectivity index (χ3n) is 2.75. The second-order valence-corrected chi connectivity index (χ2v) is 6.48. The first-order chi connectivity index (χ1) is 8.99. The highest BCUT2D eigenvalue weighted by molar-refractivity contribution is 7.99. The number of rotatable bonds is 7. The number of nitrogens with one attached hydrogen (secondary N) is 1. The highest BCUT2D eigenvalue weighted by Crippen LogP contribution is 2.29. The average Bonchev–Trinajstić information content (AvgIpc) is 2.39.